The van der Waals surface area contributed by atoms with Gasteiger partial charge in [0.05, 0.1) is 24.9 Å². The third-order valence-corrected chi connectivity index (χ3v) is 5.86. The highest BCUT2D eigenvalue weighted by molar-refractivity contribution is 5.95. The van der Waals surface area contributed by atoms with Gasteiger partial charge in [-0.15, -0.1) is 0 Å². The third kappa shape index (κ3) is 4.17. The molecule has 2 saturated heterocycles. The summed E-state index contributed by atoms with van der Waals surface area (Å²) in [6.45, 7) is 4.55. The molecule has 7 heteroatoms. The standard InChI is InChI=1S/C24H26N4O3/c1-16(2)4-3-5-17-6-8-18(9-7-17)23-20-13-27(14-22(30)28(20)21(23)15-29)24(31)19-12-25-10-11-26-19/h6-12,16,20-21,23,29H,4,13-15H2,1-2H3/t20-,21+,23+/m0/s1. The zero-order valence-corrected chi connectivity index (χ0v) is 17.7. The molecule has 0 saturated carbocycles. The van der Waals surface area contributed by atoms with Crippen molar-refractivity contribution >= 4 is 11.8 Å². The topological polar surface area (TPSA) is 86.6 Å². The second-order valence-corrected chi connectivity index (χ2v) is 8.44. The molecule has 0 radical (unpaired) electrons. The van der Waals surface area contributed by atoms with Gasteiger partial charge in [-0.25, -0.2) is 4.98 Å². The quantitative estimate of drug-likeness (QED) is 0.764. The molecule has 0 spiro atoms. The van der Waals surface area contributed by atoms with Gasteiger partial charge in [-0.3, -0.25) is 14.6 Å². The first-order valence-corrected chi connectivity index (χ1v) is 10.6. The maximum absolute atomic E-state index is 12.8. The van der Waals surface area contributed by atoms with Crippen molar-refractivity contribution in [2.75, 3.05) is 19.7 Å². The minimum absolute atomic E-state index is 0.0144. The van der Waals surface area contributed by atoms with E-state index in [0.717, 1.165) is 17.5 Å². The average molecular weight is 418 g/mol. The van der Waals surface area contributed by atoms with Crippen LogP contribution in [-0.4, -0.2) is 68.5 Å². The molecule has 4 rings (SSSR count). The molecule has 160 valence electrons. The van der Waals surface area contributed by atoms with Gasteiger partial charge in [0, 0.05) is 36.8 Å². The number of fused-ring (bicyclic) bond motifs is 1. The van der Waals surface area contributed by atoms with Crippen LogP contribution in [0.2, 0.25) is 0 Å². The maximum atomic E-state index is 12.8. The number of aliphatic hydroxyl groups excluding tert-OH is 1. The monoisotopic (exact) mass is 418 g/mol. The molecule has 7 nitrogen and oxygen atoms in total. The Hall–Kier alpha value is -3.24. The number of carbonyl (C=O) groups is 2. The number of carbonyl (C=O) groups excluding carboxylic acids is 2. The molecule has 2 aromatic rings. The van der Waals surface area contributed by atoms with Gasteiger partial charge in [0.1, 0.15) is 12.2 Å². The van der Waals surface area contributed by atoms with E-state index in [-0.39, 0.29) is 48.7 Å². The van der Waals surface area contributed by atoms with E-state index in [0.29, 0.717) is 12.5 Å². The van der Waals surface area contributed by atoms with Gasteiger partial charge < -0.3 is 14.9 Å². The fourth-order valence-corrected chi connectivity index (χ4v) is 4.37. The maximum Gasteiger partial charge on any atom is 0.274 e. The predicted octanol–water partition coefficient (Wildman–Crippen LogP) is 1.69. The van der Waals surface area contributed by atoms with Crippen LogP contribution in [0.5, 0.6) is 0 Å². The molecule has 1 aromatic carbocycles. The van der Waals surface area contributed by atoms with E-state index in [1.165, 1.54) is 23.5 Å². The SMILES string of the molecule is CC(C)CC#Cc1ccc([C@H]2[C@@H](CO)N3C(=O)CN(C(=O)c4cnccn4)C[C@@H]23)cc1. The Bertz CT molecular complexity index is 1010. The first-order valence-electron chi connectivity index (χ1n) is 10.6. The van der Waals surface area contributed by atoms with E-state index in [4.69, 9.17) is 0 Å². The Balaban J connectivity index is 1.52. The Morgan fingerprint density at radius 2 is 2.03 bits per heavy atom. The van der Waals surface area contributed by atoms with Crippen LogP contribution >= 0.6 is 0 Å². The zero-order valence-electron chi connectivity index (χ0n) is 17.7. The molecule has 31 heavy (non-hydrogen) atoms. The fraction of sp³-hybridized carbons (Fsp3) is 0.417. The van der Waals surface area contributed by atoms with Gasteiger partial charge in [-0.2, -0.15) is 0 Å². The van der Waals surface area contributed by atoms with Crippen molar-refractivity contribution in [3.63, 3.8) is 0 Å². The summed E-state index contributed by atoms with van der Waals surface area (Å²) < 4.78 is 0. The van der Waals surface area contributed by atoms with Crippen molar-refractivity contribution in [2.24, 2.45) is 5.92 Å². The third-order valence-electron chi connectivity index (χ3n) is 5.86. The second kappa shape index (κ2) is 8.86. The highest BCUT2D eigenvalue weighted by atomic mass is 16.3. The molecule has 0 bridgehead atoms. The summed E-state index contributed by atoms with van der Waals surface area (Å²) in [5.41, 5.74) is 2.21. The number of piperazine rings is 1. The molecule has 2 fully saturated rings. The molecule has 3 heterocycles. The number of hydrogen-bond donors (Lipinski definition) is 1. The van der Waals surface area contributed by atoms with Crippen LogP contribution in [0.25, 0.3) is 0 Å². The normalized spacial score (nSPS) is 22.5. The van der Waals surface area contributed by atoms with Crippen LogP contribution < -0.4 is 0 Å². The molecule has 2 aliphatic rings. The van der Waals surface area contributed by atoms with E-state index in [2.05, 4.69) is 35.7 Å². The minimum Gasteiger partial charge on any atom is -0.394 e. The summed E-state index contributed by atoms with van der Waals surface area (Å²) in [5.74, 6) is 6.40. The van der Waals surface area contributed by atoms with Crippen LogP contribution in [0.15, 0.2) is 42.9 Å². The van der Waals surface area contributed by atoms with Gasteiger partial charge >= 0.3 is 0 Å². The lowest BCUT2D eigenvalue weighted by Gasteiger charge is -2.58. The average Bonchev–Trinajstić information content (AvgIpc) is 2.76. The molecule has 1 N–H and O–H groups in total. The lowest BCUT2D eigenvalue weighted by atomic mass is 9.73. The van der Waals surface area contributed by atoms with Crippen molar-refractivity contribution in [2.45, 2.75) is 38.3 Å². The number of nitrogens with zero attached hydrogens (tertiary/aromatic N) is 4. The Kier molecular flexibility index (Phi) is 6.01. The van der Waals surface area contributed by atoms with Crippen LogP contribution in [-0.2, 0) is 4.79 Å². The van der Waals surface area contributed by atoms with Crippen LogP contribution in [0.1, 0.15) is 47.8 Å². The molecule has 0 unspecified atom stereocenters. The smallest absolute Gasteiger partial charge is 0.274 e. The number of rotatable bonds is 4. The van der Waals surface area contributed by atoms with Gasteiger partial charge in [0.2, 0.25) is 5.91 Å². The van der Waals surface area contributed by atoms with E-state index in [9.17, 15) is 14.7 Å². The largest absolute Gasteiger partial charge is 0.394 e. The highest BCUT2D eigenvalue weighted by Crippen LogP contribution is 2.43. The van der Waals surface area contributed by atoms with E-state index in [1.807, 2.05) is 24.3 Å². The zero-order chi connectivity index (χ0) is 22.0. The molecular weight excluding hydrogens is 392 g/mol. The second-order valence-electron chi connectivity index (χ2n) is 8.44. The predicted molar refractivity (Wildman–Crippen MR) is 115 cm³/mol. The number of hydrogen-bond acceptors (Lipinski definition) is 5. The van der Waals surface area contributed by atoms with Crippen molar-refractivity contribution in [3.05, 3.63) is 59.7 Å². The van der Waals surface area contributed by atoms with Crippen LogP contribution in [0.3, 0.4) is 0 Å². The molecule has 3 atom stereocenters. The Labute approximate surface area is 182 Å². The molecular formula is C24H26N4O3. The van der Waals surface area contributed by atoms with Crippen LogP contribution in [0, 0.1) is 17.8 Å². The van der Waals surface area contributed by atoms with E-state index < -0.39 is 0 Å². The first-order chi connectivity index (χ1) is 15.0. The highest BCUT2D eigenvalue weighted by Gasteiger charge is 2.54. The number of amides is 2. The first kappa shape index (κ1) is 21.0. The summed E-state index contributed by atoms with van der Waals surface area (Å²) in [5, 5.41) is 9.94. The molecule has 2 amide bonds. The molecule has 1 aromatic heterocycles. The van der Waals surface area contributed by atoms with Gasteiger partial charge in [0.15, 0.2) is 0 Å². The summed E-state index contributed by atoms with van der Waals surface area (Å²) in [6, 6.07) is 7.54. The fourth-order valence-electron chi connectivity index (χ4n) is 4.37. The summed E-state index contributed by atoms with van der Waals surface area (Å²) in [6.07, 6.45) is 5.23. The summed E-state index contributed by atoms with van der Waals surface area (Å²) in [4.78, 5) is 36.8. The lowest BCUT2D eigenvalue weighted by Crippen LogP contribution is -2.73. The van der Waals surface area contributed by atoms with Crippen molar-refractivity contribution < 1.29 is 14.7 Å². The van der Waals surface area contributed by atoms with Crippen molar-refractivity contribution in [1.29, 1.82) is 0 Å². The molecule has 2 aliphatic heterocycles. The van der Waals surface area contributed by atoms with Gasteiger partial charge in [0.25, 0.3) is 5.91 Å². The van der Waals surface area contributed by atoms with Crippen LogP contribution in [0.4, 0.5) is 0 Å². The molecule has 0 aliphatic carbocycles. The van der Waals surface area contributed by atoms with Crippen molar-refractivity contribution in [3.8, 4) is 11.8 Å². The number of aliphatic hydroxyl groups is 1. The van der Waals surface area contributed by atoms with Crippen molar-refractivity contribution in [1.82, 2.24) is 19.8 Å². The Morgan fingerprint density at radius 3 is 2.68 bits per heavy atom. The van der Waals surface area contributed by atoms with E-state index >= 15 is 0 Å². The van der Waals surface area contributed by atoms with Gasteiger partial charge in [-0.1, -0.05) is 37.8 Å². The van der Waals surface area contributed by atoms with E-state index in [1.54, 1.807) is 4.90 Å². The van der Waals surface area contributed by atoms with Gasteiger partial charge in [-0.05, 0) is 23.6 Å². The summed E-state index contributed by atoms with van der Waals surface area (Å²) >= 11 is 0. The number of benzene rings is 1. The number of aromatic nitrogens is 2. The lowest BCUT2D eigenvalue weighted by molar-refractivity contribution is -0.159. The Morgan fingerprint density at radius 1 is 1.26 bits per heavy atom. The summed E-state index contributed by atoms with van der Waals surface area (Å²) in [7, 11) is 0. The minimum atomic E-state index is -0.303.